The number of carbonyl (C=O) groups excluding carboxylic acids is 1. The number of amides is 1. The van der Waals surface area contributed by atoms with Crippen molar-refractivity contribution in [2.45, 2.75) is 33.6 Å². The van der Waals surface area contributed by atoms with E-state index in [0.29, 0.717) is 18.7 Å². The van der Waals surface area contributed by atoms with E-state index in [0.717, 1.165) is 28.9 Å². The zero-order valence-corrected chi connectivity index (χ0v) is 15.6. The van der Waals surface area contributed by atoms with E-state index < -0.39 is 0 Å². The predicted octanol–water partition coefficient (Wildman–Crippen LogP) is 3.55. The second-order valence-electron chi connectivity index (χ2n) is 6.25. The van der Waals surface area contributed by atoms with Gasteiger partial charge in [-0.1, -0.05) is 34.5 Å². The molecule has 0 saturated carbocycles. The van der Waals surface area contributed by atoms with Crippen molar-refractivity contribution >= 4 is 11.6 Å². The molecule has 134 valence electrons. The summed E-state index contributed by atoms with van der Waals surface area (Å²) in [5, 5.41) is 6.61. The maximum Gasteiger partial charge on any atom is 0.273 e. The highest BCUT2D eigenvalue weighted by molar-refractivity contribution is 6.45. The lowest BCUT2D eigenvalue weighted by molar-refractivity contribution is -0.114. The van der Waals surface area contributed by atoms with Crippen LogP contribution in [0.3, 0.4) is 0 Å². The van der Waals surface area contributed by atoms with Gasteiger partial charge in [0.25, 0.3) is 5.91 Å². The molecular formula is C20H26N2O3. The highest BCUT2D eigenvalue weighted by Crippen LogP contribution is 2.31. The van der Waals surface area contributed by atoms with E-state index in [4.69, 9.17) is 9.57 Å². The second kappa shape index (κ2) is 8.51. The molecule has 0 fully saturated rings. The van der Waals surface area contributed by atoms with E-state index in [1.165, 1.54) is 18.3 Å². The first-order valence-electron chi connectivity index (χ1n) is 8.36. The van der Waals surface area contributed by atoms with Crippen molar-refractivity contribution < 1.29 is 14.4 Å². The summed E-state index contributed by atoms with van der Waals surface area (Å²) in [6.07, 6.45) is 1.45. The first-order valence-corrected chi connectivity index (χ1v) is 8.36. The number of nitrogens with one attached hydrogen (secondary N) is 1. The average molecular weight is 342 g/mol. The number of rotatable bonds is 6. The van der Waals surface area contributed by atoms with Crippen LogP contribution in [0.4, 0.5) is 0 Å². The first kappa shape index (κ1) is 18.8. The summed E-state index contributed by atoms with van der Waals surface area (Å²) >= 11 is 0. The third kappa shape index (κ3) is 4.50. The van der Waals surface area contributed by atoms with Gasteiger partial charge in [0, 0.05) is 7.05 Å². The number of aryl methyl sites for hydroxylation is 1. The van der Waals surface area contributed by atoms with Crippen molar-refractivity contribution in [3.8, 4) is 5.75 Å². The Labute approximate surface area is 149 Å². The molecule has 0 atom stereocenters. The number of nitrogens with zero attached hydrogens (tertiary/aromatic N) is 1. The van der Waals surface area contributed by atoms with Gasteiger partial charge in [0.2, 0.25) is 0 Å². The van der Waals surface area contributed by atoms with E-state index in [2.05, 4.69) is 24.3 Å². The maximum absolute atomic E-state index is 12.3. The molecule has 0 bridgehead atoms. The Hall–Kier alpha value is -2.56. The molecule has 0 saturated heterocycles. The Kier molecular flexibility index (Phi) is 6.39. The summed E-state index contributed by atoms with van der Waals surface area (Å²) < 4.78 is 6.02. The average Bonchev–Trinajstić information content (AvgIpc) is 2.61. The van der Waals surface area contributed by atoms with Crippen molar-refractivity contribution in [3.05, 3.63) is 52.1 Å². The number of ether oxygens (including phenoxy) is 1. The van der Waals surface area contributed by atoms with Crippen LogP contribution in [0.2, 0.25) is 0 Å². The molecule has 0 heterocycles. The Morgan fingerprint density at radius 3 is 2.48 bits per heavy atom. The first-order chi connectivity index (χ1) is 12.0. The molecule has 25 heavy (non-hydrogen) atoms. The molecule has 1 aliphatic carbocycles. The number of hydrogen-bond acceptors (Lipinski definition) is 4. The molecule has 1 N–H and O–H groups in total. The SMILES string of the molecule is CNC(=O)C(=NOC)C1=C(COc2ccccc2C)CC(C)=C(C)C1. The van der Waals surface area contributed by atoms with Gasteiger partial charge in [0.15, 0.2) is 5.71 Å². The van der Waals surface area contributed by atoms with Crippen LogP contribution in [0.15, 0.2) is 51.7 Å². The van der Waals surface area contributed by atoms with E-state index in [1.807, 2.05) is 31.2 Å². The molecule has 5 nitrogen and oxygen atoms in total. The Balaban J connectivity index is 2.34. The highest BCUT2D eigenvalue weighted by Gasteiger charge is 2.25. The predicted molar refractivity (Wildman–Crippen MR) is 99.8 cm³/mol. The van der Waals surface area contributed by atoms with Gasteiger partial charge < -0.3 is 14.9 Å². The van der Waals surface area contributed by atoms with Crippen LogP contribution in [0.25, 0.3) is 0 Å². The van der Waals surface area contributed by atoms with Crippen molar-refractivity contribution in [1.82, 2.24) is 5.32 Å². The molecule has 0 radical (unpaired) electrons. The number of para-hydroxylation sites is 1. The topological polar surface area (TPSA) is 59.9 Å². The molecule has 0 aliphatic heterocycles. The quantitative estimate of drug-likeness (QED) is 0.489. The fourth-order valence-corrected chi connectivity index (χ4v) is 2.83. The molecule has 1 aliphatic rings. The summed E-state index contributed by atoms with van der Waals surface area (Å²) in [6, 6.07) is 7.91. The third-order valence-electron chi connectivity index (χ3n) is 4.48. The largest absolute Gasteiger partial charge is 0.489 e. The Bertz CT molecular complexity index is 745. The van der Waals surface area contributed by atoms with Crippen molar-refractivity contribution in [2.24, 2.45) is 5.16 Å². The molecule has 1 amide bonds. The van der Waals surface area contributed by atoms with Crippen molar-refractivity contribution in [1.29, 1.82) is 0 Å². The minimum absolute atomic E-state index is 0.252. The lowest BCUT2D eigenvalue weighted by atomic mass is 9.85. The zero-order chi connectivity index (χ0) is 18.4. The molecule has 1 aromatic rings. The van der Waals surface area contributed by atoms with Gasteiger partial charge in [0.05, 0.1) is 0 Å². The molecule has 2 rings (SSSR count). The fourth-order valence-electron chi connectivity index (χ4n) is 2.83. The molecule has 0 unspecified atom stereocenters. The second-order valence-corrected chi connectivity index (χ2v) is 6.25. The highest BCUT2D eigenvalue weighted by atomic mass is 16.6. The van der Waals surface area contributed by atoms with Crippen LogP contribution < -0.4 is 10.1 Å². The fraction of sp³-hybridized carbons (Fsp3) is 0.400. The summed E-state index contributed by atoms with van der Waals surface area (Å²) in [6.45, 7) is 6.64. The van der Waals surface area contributed by atoms with Gasteiger partial charge in [-0.05, 0) is 56.4 Å². The Morgan fingerprint density at radius 2 is 1.84 bits per heavy atom. The monoisotopic (exact) mass is 342 g/mol. The Morgan fingerprint density at radius 1 is 1.16 bits per heavy atom. The number of hydrogen-bond donors (Lipinski definition) is 1. The van der Waals surface area contributed by atoms with Gasteiger partial charge >= 0.3 is 0 Å². The zero-order valence-electron chi connectivity index (χ0n) is 15.6. The van der Waals surface area contributed by atoms with Gasteiger partial charge in [-0.2, -0.15) is 0 Å². The molecule has 0 aromatic heterocycles. The van der Waals surface area contributed by atoms with Crippen LogP contribution in [-0.4, -0.2) is 32.4 Å². The standard InChI is InChI=1S/C20H26N2O3/c1-13-8-6-7-9-18(13)25-12-16-10-14(2)15(3)11-17(16)19(22-24-5)20(23)21-4/h6-9H,10-12H2,1-5H3,(H,21,23). The van der Waals surface area contributed by atoms with Gasteiger partial charge in [-0.3, -0.25) is 4.79 Å². The van der Waals surface area contributed by atoms with Crippen LogP contribution in [0.1, 0.15) is 32.3 Å². The lowest BCUT2D eigenvalue weighted by Gasteiger charge is -2.24. The molecule has 5 heteroatoms. The summed E-state index contributed by atoms with van der Waals surface area (Å²) in [4.78, 5) is 17.2. The van der Waals surface area contributed by atoms with E-state index in [9.17, 15) is 4.79 Å². The minimum atomic E-state index is -0.252. The van der Waals surface area contributed by atoms with Crippen LogP contribution in [-0.2, 0) is 9.63 Å². The smallest absolute Gasteiger partial charge is 0.273 e. The molecular weight excluding hydrogens is 316 g/mol. The van der Waals surface area contributed by atoms with Crippen molar-refractivity contribution in [3.63, 3.8) is 0 Å². The van der Waals surface area contributed by atoms with E-state index >= 15 is 0 Å². The number of allylic oxidation sites excluding steroid dienone is 2. The summed E-state index contributed by atoms with van der Waals surface area (Å²) in [7, 11) is 3.04. The van der Waals surface area contributed by atoms with Crippen LogP contribution >= 0.6 is 0 Å². The van der Waals surface area contributed by atoms with Crippen LogP contribution in [0.5, 0.6) is 5.75 Å². The summed E-state index contributed by atoms with van der Waals surface area (Å²) in [5.74, 6) is 0.598. The normalized spacial score (nSPS) is 15.3. The molecule has 0 spiro atoms. The van der Waals surface area contributed by atoms with Gasteiger partial charge in [0.1, 0.15) is 19.5 Å². The van der Waals surface area contributed by atoms with E-state index in [1.54, 1.807) is 7.05 Å². The van der Waals surface area contributed by atoms with Crippen LogP contribution in [0, 0.1) is 6.92 Å². The van der Waals surface area contributed by atoms with Gasteiger partial charge in [-0.15, -0.1) is 0 Å². The number of carbonyl (C=O) groups is 1. The summed E-state index contributed by atoms with van der Waals surface area (Å²) in [5.41, 5.74) is 5.91. The van der Waals surface area contributed by atoms with Gasteiger partial charge in [-0.25, -0.2) is 0 Å². The third-order valence-corrected chi connectivity index (χ3v) is 4.48. The number of oxime groups is 1. The van der Waals surface area contributed by atoms with E-state index in [-0.39, 0.29) is 5.91 Å². The molecule has 1 aromatic carbocycles. The number of benzene rings is 1. The lowest BCUT2D eigenvalue weighted by Crippen LogP contribution is -2.31. The minimum Gasteiger partial charge on any atom is -0.489 e. The van der Waals surface area contributed by atoms with Crippen molar-refractivity contribution in [2.75, 3.05) is 20.8 Å². The maximum atomic E-state index is 12.3.